The Labute approximate surface area is 105 Å². The molecule has 1 saturated heterocycles. The Morgan fingerprint density at radius 3 is 2.72 bits per heavy atom. The third-order valence-electron chi connectivity index (χ3n) is 3.06. The van der Waals surface area contributed by atoms with Gasteiger partial charge in [0.2, 0.25) is 0 Å². The maximum absolute atomic E-state index is 11.9. The molecule has 18 heavy (non-hydrogen) atoms. The molecule has 106 valence electrons. The number of Topliss-reactive ketones (excluding diaryl/α,β-unsaturated/α-hetero) is 1. The number of likely N-dealkylation sites (tertiary alicyclic amines) is 1. The molecule has 0 saturated carbocycles. The Kier molecular flexibility index (Phi) is 6.08. The second kappa shape index (κ2) is 7.09. The van der Waals surface area contributed by atoms with Crippen molar-refractivity contribution in [3.05, 3.63) is 0 Å². The molecule has 0 aromatic rings. The van der Waals surface area contributed by atoms with Crippen molar-refractivity contribution in [2.45, 2.75) is 44.8 Å². The van der Waals surface area contributed by atoms with Gasteiger partial charge in [0.25, 0.3) is 0 Å². The summed E-state index contributed by atoms with van der Waals surface area (Å²) in [6, 6.07) is 0.172. The second-order valence-electron chi connectivity index (χ2n) is 4.76. The maximum Gasteiger partial charge on any atom is 0.411 e. The topological polar surface area (TPSA) is 29.5 Å². The van der Waals surface area contributed by atoms with Crippen molar-refractivity contribution in [1.29, 1.82) is 0 Å². The van der Waals surface area contributed by atoms with Crippen LogP contribution in [0.1, 0.15) is 32.6 Å². The van der Waals surface area contributed by atoms with Crippen LogP contribution < -0.4 is 0 Å². The van der Waals surface area contributed by atoms with E-state index in [1.54, 1.807) is 6.92 Å². The normalized spacial score (nSPS) is 22.1. The minimum atomic E-state index is -4.26. The van der Waals surface area contributed by atoms with Gasteiger partial charge in [-0.3, -0.25) is 9.69 Å². The third kappa shape index (κ3) is 6.35. The number of ether oxygens (including phenoxy) is 1. The predicted octanol–water partition coefficient (Wildman–Crippen LogP) is 2.40. The number of alkyl halides is 3. The van der Waals surface area contributed by atoms with Gasteiger partial charge in [-0.05, 0) is 26.3 Å². The highest BCUT2D eigenvalue weighted by molar-refractivity contribution is 5.76. The molecule has 1 atom stereocenters. The molecule has 0 spiro atoms. The highest BCUT2D eigenvalue weighted by atomic mass is 19.4. The Morgan fingerprint density at radius 2 is 2.11 bits per heavy atom. The molecule has 0 aromatic heterocycles. The van der Waals surface area contributed by atoms with E-state index in [2.05, 4.69) is 9.64 Å². The lowest BCUT2D eigenvalue weighted by Gasteiger charge is -2.35. The summed E-state index contributed by atoms with van der Waals surface area (Å²) < 4.78 is 40.3. The number of piperidine rings is 1. The highest BCUT2D eigenvalue weighted by Crippen LogP contribution is 2.20. The molecular weight excluding hydrogens is 247 g/mol. The van der Waals surface area contributed by atoms with Gasteiger partial charge in [0.15, 0.2) is 0 Å². The summed E-state index contributed by atoms with van der Waals surface area (Å²) >= 11 is 0. The first-order valence-electron chi connectivity index (χ1n) is 6.26. The average molecular weight is 267 g/mol. The minimum Gasteiger partial charge on any atom is -0.371 e. The molecule has 6 heteroatoms. The molecular formula is C12H20F3NO2. The van der Waals surface area contributed by atoms with Crippen molar-refractivity contribution >= 4 is 5.78 Å². The summed E-state index contributed by atoms with van der Waals surface area (Å²) in [6.45, 7) is 1.72. The van der Waals surface area contributed by atoms with Crippen LogP contribution in [0.2, 0.25) is 0 Å². The number of rotatable bonds is 6. The van der Waals surface area contributed by atoms with Gasteiger partial charge in [0.1, 0.15) is 12.4 Å². The Bertz CT molecular complexity index is 269. The van der Waals surface area contributed by atoms with E-state index in [4.69, 9.17) is 0 Å². The van der Waals surface area contributed by atoms with Crippen molar-refractivity contribution in [2.24, 2.45) is 0 Å². The van der Waals surface area contributed by atoms with Gasteiger partial charge < -0.3 is 4.74 Å². The molecule has 1 aliphatic rings. The van der Waals surface area contributed by atoms with E-state index in [-0.39, 0.29) is 18.4 Å². The summed E-state index contributed by atoms with van der Waals surface area (Å²) in [5, 5.41) is 0. The van der Waals surface area contributed by atoms with E-state index in [1.807, 2.05) is 0 Å². The number of nitrogens with zero attached hydrogens (tertiary/aromatic N) is 1. The molecule has 0 aromatic carbocycles. The lowest BCUT2D eigenvalue weighted by Crippen LogP contribution is -2.42. The van der Waals surface area contributed by atoms with Crippen LogP contribution in [0.4, 0.5) is 13.2 Å². The fraction of sp³-hybridized carbons (Fsp3) is 0.917. The highest BCUT2D eigenvalue weighted by Gasteiger charge is 2.28. The van der Waals surface area contributed by atoms with E-state index in [0.29, 0.717) is 13.0 Å². The SMILES string of the molecule is CC(=O)CC1CCCCN1CCOCC(F)(F)F. The summed E-state index contributed by atoms with van der Waals surface area (Å²) in [6.07, 6.45) is -0.718. The zero-order valence-corrected chi connectivity index (χ0v) is 10.6. The first-order valence-corrected chi connectivity index (χ1v) is 6.26. The fourth-order valence-corrected chi connectivity index (χ4v) is 2.29. The molecule has 1 fully saturated rings. The number of carbonyl (C=O) groups is 1. The summed E-state index contributed by atoms with van der Waals surface area (Å²) in [5.41, 5.74) is 0. The maximum atomic E-state index is 11.9. The predicted molar refractivity (Wildman–Crippen MR) is 61.4 cm³/mol. The molecule has 0 aliphatic carbocycles. The summed E-state index contributed by atoms with van der Waals surface area (Å²) in [5.74, 6) is 0.128. The third-order valence-corrected chi connectivity index (χ3v) is 3.06. The summed E-state index contributed by atoms with van der Waals surface area (Å²) in [4.78, 5) is 13.2. The van der Waals surface area contributed by atoms with Crippen molar-refractivity contribution in [2.75, 3.05) is 26.3 Å². The van der Waals surface area contributed by atoms with Gasteiger partial charge in [0, 0.05) is 19.0 Å². The van der Waals surface area contributed by atoms with Gasteiger partial charge in [-0.15, -0.1) is 0 Å². The van der Waals surface area contributed by atoms with Crippen LogP contribution in [0, 0.1) is 0 Å². The minimum absolute atomic E-state index is 0.0634. The van der Waals surface area contributed by atoms with Crippen LogP contribution in [0.3, 0.4) is 0 Å². The van der Waals surface area contributed by atoms with Crippen LogP contribution in [0.25, 0.3) is 0 Å². The molecule has 3 nitrogen and oxygen atoms in total. The first-order chi connectivity index (χ1) is 8.38. The van der Waals surface area contributed by atoms with E-state index in [1.165, 1.54) is 0 Å². The molecule has 0 N–H and O–H groups in total. The molecule has 0 amide bonds. The monoisotopic (exact) mass is 267 g/mol. The van der Waals surface area contributed by atoms with Crippen molar-refractivity contribution < 1.29 is 22.7 Å². The van der Waals surface area contributed by atoms with Crippen molar-refractivity contribution in [3.8, 4) is 0 Å². The van der Waals surface area contributed by atoms with Crippen LogP contribution in [0.15, 0.2) is 0 Å². The van der Waals surface area contributed by atoms with Crippen LogP contribution in [-0.2, 0) is 9.53 Å². The van der Waals surface area contributed by atoms with E-state index in [0.717, 1.165) is 25.8 Å². The number of ketones is 1. The van der Waals surface area contributed by atoms with Crippen molar-refractivity contribution in [3.63, 3.8) is 0 Å². The lowest BCUT2D eigenvalue weighted by atomic mass is 9.98. The van der Waals surface area contributed by atoms with Crippen molar-refractivity contribution in [1.82, 2.24) is 4.90 Å². The number of carbonyl (C=O) groups excluding carboxylic acids is 1. The van der Waals surface area contributed by atoms with Gasteiger partial charge in [-0.2, -0.15) is 13.2 Å². The summed E-state index contributed by atoms with van der Waals surface area (Å²) in [7, 11) is 0. The molecule has 1 rings (SSSR count). The molecule has 1 heterocycles. The zero-order valence-electron chi connectivity index (χ0n) is 10.6. The molecule has 1 aliphatic heterocycles. The van der Waals surface area contributed by atoms with E-state index < -0.39 is 12.8 Å². The van der Waals surface area contributed by atoms with Crippen LogP contribution >= 0.6 is 0 Å². The molecule has 1 unspecified atom stereocenters. The Morgan fingerprint density at radius 1 is 1.39 bits per heavy atom. The van der Waals surface area contributed by atoms with Crippen LogP contribution in [-0.4, -0.2) is 49.2 Å². The number of halogens is 3. The molecule has 0 radical (unpaired) electrons. The Balaban J connectivity index is 2.27. The van der Waals surface area contributed by atoms with Gasteiger partial charge in [-0.1, -0.05) is 6.42 Å². The number of hydrogen-bond donors (Lipinski definition) is 0. The quantitative estimate of drug-likeness (QED) is 0.692. The first kappa shape index (κ1) is 15.4. The Hall–Kier alpha value is -0.620. The molecule has 0 bridgehead atoms. The smallest absolute Gasteiger partial charge is 0.371 e. The largest absolute Gasteiger partial charge is 0.411 e. The van der Waals surface area contributed by atoms with Gasteiger partial charge in [0.05, 0.1) is 6.61 Å². The number of hydrogen-bond acceptors (Lipinski definition) is 3. The van der Waals surface area contributed by atoms with Gasteiger partial charge in [-0.25, -0.2) is 0 Å². The van der Waals surface area contributed by atoms with Gasteiger partial charge >= 0.3 is 6.18 Å². The average Bonchev–Trinajstić information content (AvgIpc) is 2.24. The van der Waals surface area contributed by atoms with E-state index in [9.17, 15) is 18.0 Å². The zero-order chi connectivity index (χ0) is 13.6. The fourth-order valence-electron chi connectivity index (χ4n) is 2.29. The van der Waals surface area contributed by atoms with Crippen LogP contribution in [0.5, 0.6) is 0 Å². The second-order valence-corrected chi connectivity index (χ2v) is 4.76. The van der Waals surface area contributed by atoms with E-state index >= 15 is 0 Å². The standard InChI is InChI=1S/C12H20F3NO2/c1-10(17)8-11-4-2-3-5-16(11)6-7-18-9-12(13,14)15/h11H,2-9H2,1H3. The lowest BCUT2D eigenvalue weighted by molar-refractivity contribution is -0.175.